The van der Waals surface area contributed by atoms with Gasteiger partial charge in [0.25, 0.3) is 0 Å². The van der Waals surface area contributed by atoms with Gasteiger partial charge in [0, 0.05) is 17.8 Å². The maximum atomic E-state index is 12.0. The van der Waals surface area contributed by atoms with E-state index >= 15 is 0 Å². The number of para-hydroxylation sites is 2. The molecule has 0 aliphatic rings. The molecule has 0 atom stereocenters. The number of aryl methyl sites for hydroxylation is 1. The topological polar surface area (TPSA) is 67.4 Å². The molecular formula is C19H22N2O3. The lowest BCUT2D eigenvalue weighted by molar-refractivity contribution is -0.126. The molecule has 0 heterocycles. The van der Waals surface area contributed by atoms with Crippen molar-refractivity contribution in [2.75, 3.05) is 12.4 Å². The number of hydrogen-bond acceptors (Lipinski definition) is 3. The number of amides is 2. The Balaban J connectivity index is 1.87. The van der Waals surface area contributed by atoms with Crippen molar-refractivity contribution in [3.8, 4) is 5.75 Å². The summed E-state index contributed by atoms with van der Waals surface area (Å²) in [5.41, 5.74) is 2.66. The molecule has 126 valence electrons. The largest absolute Gasteiger partial charge is 0.496 e. The van der Waals surface area contributed by atoms with Crippen LogP contribution in [-0.2, 0) is 22.6 Å². The van der Waals surface area contributed by atoms with E-state index in [2.05, 4.69) is 10.6 Å². The molecule has 2 amide bonds. The predicted octanol–water partition coefficient (Wildman–Crippen LogP) is 2.90. The van der Waals surface area contributed by atoms with E-state index in [0.29, 0.717) is 12.3 Å². The molecule has 0 unspecified atom stereocenters. The van der Waals surface area contributed by atoms with Crippen molar-refractivity contribution in [1.29, 1.82) is 0 Å². The zero-order valence-corrected chi connectivity index (χ0v) is 14.0. The second-order valence-corrected chi connectivity index (χ2v) is 5.32. The Hall–Kier alpha value is -2.82. The van der Waals surface area contributed by atoms with Crippen LogP contribution in [0.4, 0.5) is 5.69 Å². The molecule has 2 aromatic rings. The van der Waals surface area contributed by atoms with Crippen LogP contribution >= 0.6 is 0 Å². The molecule has 24 heavy (non-hydrogen) atoms. The lowest BCUT2D eigenvalue weighted by Crippen LogP contribution is -2.28. The van der Waals surface area contributed by atoms with Gasteiger partial charge in [0.2, 0.25) is 11.8 Å². The third-order valence-electron chi connectivity index (χ3n) is 3.66. The van der Waals surface area contributed by atoms with Gasteiger partial charge in [-0.1, -0.05) is 43.3 Å². The van der Waals surface area contributed by atoms with Crippen molar-refractivity contribution in [2.45, 2.75) is 26.3 Å². The van der Waals surface area contributed by atoms with Crippen LogP contribution in [-0.4, -0.2) is 18.9 Å². The third kappa shape index (κ3) is 4.84. The number of hydrogen-bond donors (Lipinski definition) is 2. The van der Waals surface area contributed by atoms with E-state index in [0.717, 1.165) is 23.2 Å². The van der Waals surface area contributed by atoms with Gasteiger partial charge in [-0.25, -0.2) is 0 Å². The molecule has 2 aromatic carbocycles. The van der Waals surface area contributed by atoms with E-state index in [4.69, 9.17) is 4.74 Å². The molecule has 0 radical (unpaired) electrons. The SMILES string of the molecule is CCc1ccccc1NC(=O)CC(=O)NCc1ccccc1OC. The summed E-state index contributed by atoms with van der Waals surface area (Å²) >= 11 is 0. The van der Waals surface area contributed by atoms with Crippen LogP contribution in [0.2, 0.25) is 0 Å². The molecular weight excluding hydrogens is 304 g/mol. The summed E-state index contributed by atoms with van der Waals surface area (Å²) in [6.07, 6.45) is 0.601. The van der Waals surface area contributed by atoms with Crippen LogP contribution in [0.3, 0.4) is 0 Å². The minimum Gasteiger partial charge on any atom is -0.496 e. The highest BCUT2D eigenvalue weighted by molar-refractivity contribution is 6.03. The summed E-state index contributed by atoms with van der Waals surface area (Å²) in [7, 11) is 1.58. The standard InChI is InChI=1S/C19H22N2O3/c1-3-14-8-4-6-10-16(14)21-19(23)12-18(22)20-13-15-9-5-7-11-17(15)24-2/h4-11H,3,12-13H2,1-2H3,(H,20,22)(H,21,23). The first-order valence-electron chi connectivity index (χ1n) is 7.90. The molecule has 0 aliphatic carbocycles. The van der Waals surface area contributed by atoms with Gasteiger partial charge in [0.1, 0.15) is 12.2 Å². The van der Waals surface area contributed by atoms with Gasteiger partial charge >= 0.3 is 0 Å². The van der Waals surface area contributed by atoms with Gasteiger partial charge in [-0.15, -0.1) is 0 Å². The molecule has 0 saturated heterocycles. The number of benzene rings is 2. The minimum absolute atomic E-state index is 0.215. The van der Waals surface area contributed by atoms with Crippen LogP contribution < -0.4 is 15.4 Å². The normalized spacial score (nSPS) is 10.1. The van der Waals surface area contributed by atoms with Crippen molar-refractivity contribution in [2.24, 2.45) is 0 Å². The maximum absolute atomic E-state index is 12.0. The molecule has 0 aliphatic heterocycles. The highest BCUT2D eigenvalue weighted by Gasteiger charge is 2.11. The minimum atomic E-state index is -0.326. The molecule has 0 bridgehead atoms. The first-order valence-corrected chi connectivity index (χ1v) is 7.90. The lowest BCUT2D eigenvalue weighted by atomic mass is 10.1. The number of anilines is 1. The first kappa shape index (κ1) is 17.5. The number of rotatable bonds is 7. The monoisotopic (exact) mass is 326 g/mol. The Bertz CT molecular complexity index is 713. The summed E-state index contributed by atoms with van der Waals surface area (Å²) in [6.45, 7) is 2.34. The lowest BCUT2D eigenvalue weighted by Gasteiger charge is -2.11. The van der Waals surface area contributed by atoms with E-state index in [1.54, 1.807) is 7.11 Å². The number of carbonyl (C=O) groups excluding carboxylic acids is 2. The fraction of sp³-hybridized carbons (Fsp3) is 0.263. The Labute approximate surface area is 142 Å². The van der Waals surface area contributed by atoms with Crippen molar-refractivity contribution in [3.05, 3.63) is 59.7 Å². The first-order chi connectivity index (χ1) is 11.6. The van der Waals surface area contributed by atoms with Crippen LogP contribution in [0.25, 0.3) is 0 Å². The molecule has 0 aromatic heterocycles. The van der Waals surface area contributed by atoms with Crippen molar-refractivity contribution in [1.82, 2.24) is 5.32 Å². The molecule has 0 fully saturated rings. The quantitative estimate of drug-likeness (QED) is 0.769. The summed E-state index contributed by atoms with van der Waals surface area (Å²) in [5, 5.41) is 5.53. The second kappa shape index (κ2) is 8.72. The Morgan fingerprint density at radius 2 is 1.62 bits per heavy atom. The summed E-state index contributed by atoms with van der Waals surface area (Å²) in [5.74, 6) is 0.0555. The smallest absolute Gasteiger partial charge is 0.233 e. The molecule has 5 nitrogen and oxygen atoms in total. The van der Waals surface area contributed by atoms with E-state index < -0.39 is 0 Å². The average molecular weight is 326 g/mol. The van der Waals surface area contributed by atoms with Crippen molar-refractivity contribution in [3.63, 3.8) is 0 Å². The van der Waals surface area contributed by atoms with Gasteiger partial charge in [0.05, 0.1) is 7.11 Å². The molecule has 2 rings (SSSR count). The summed E-state index contributed by atoms with van der Waals surface area (Å²) < 4.78 is 5.23. The van der Waals surface area contributed by atoms with Gasteiger partial charge in [0.15, 0.2) is 0 Å². The fourth-order valence-corrected chi connectivity index (χ4v) is 2.40. The van der Waals surface area contributed by atoms with Crippen molar-refractivity contribution >= 4 is 17.5 Å². The van der Waals surface area contributed by atoms with Crippen LogP contribution in [0.15, 0.2) is 48.5 Å². The number of methoxy groups -OCH3 is 1. The Kier molecular flexibility index (Phi) is 6.37. The summed E-state index contributed by atoms with van der Waals surface area (Å²) in [6, 6.07) is 15.0. The number of carbonyl (C=O) groups is 2. The van der Waals surface area contributed by atoms with Gasteiger partial charge < -0.3 is 15.4 Å². The highest BCUT2D eigenvalue weighted by atomic mass is 16.5. The van der Waals surface area contributed by atoms with E-state index in [1.165, 1.54) is 0 Å². The van der Waals surface area contributed by atoms with E-state index in [-0.39, 0.29) is 18.2 Å². The van der Waals surface area contributed by atoms with Gasteiger partial charge in [-0.2, -0.15) is 0 Å². The third-order valence-corrected chi connectivity index (χ3v) is 3.66. The van der Waals surface area contributed by atoms with Crippen LogP contribution in [0.1, 0.15) is 24.5 Å². The Morgan fingerprint density at radius 3 is 2.33 bits per heavy atom. The van der Waals surface area contributed by atoms with Gasteiger partial charge in [-0.3, -0.25) is 9.59 Å². The fourth-order valence-electron chi connectivity index (χ4n) is 2.40. The number of nitrogens with one attached hydrogen (secondary N) is 2. The maximum Gasteiger partial charge on any atom is 0.233 e. The molecule has 0 saturated carbocycles. The van der Waals surface area contributed by atoms with E-state index in [9.17, 15) is 9.59 Å². The van der Waals surface area contributed by atoms with E-state index in [1.807, 2.05) is 55.5 Å². The van der Waals surface area contributed by atoms with Gasteiger partial charge in [-0.05, 0) is 24.1 Å². The zero-order chi connectivity index (χ0) is 17.4. The molecule has 2 N–H and O–H groups in total. The molecule has 0 spiro atoms. The number of ether oxygens (including phenoxy) is 1. The predicted molar refractivity (Wildman–Crippen MR) is 93.9 cm³/mol. The van der Waals surface area contributed by atoms with Crippen molar-refractivity contribution < 1.29 is 14.3 Å². The summed E-state index contributed by atoms with van der Waals surface area (Å²) in [4.78, 5) is 24.0. The van der Waals surface area contributed by atoms with Crippen LogP contribution in [0, 0.1) is 0 Å². The Morgan fingerprint density at radius 1 is 0.958 bits per heavy atom. The zero-order valence-electron chi connectivity index (χ0n) is 14.0. The molecule has 5 heteroatoms. The second-order valence-electron chi connectivity index (χ2n) is 5.32. The highest BCUT2D eigenvalue weighted by Crippen LogP contribution is 2.17. The van der Waals surface area contributed by atoms with Crippen LogP contribution in [0.5, 0.6) is 5.75 Å². The average Bonchev–Trinajstić information content (AvgIpc) is 2.60.